The Hall–Kier alpha value is -1.43. The second-order valence-electron chi connectivity index (χ2n) is 3.60. The third kappa shape index (κ3) is 4.39. The summed E-state index contributed by atoms with van der Waals surface area (Å²) in [6.07, 6.45) is 5.79. The van der Waals surface area contributed by atoms with E-state index in [4.69, 9.17) is 18.0 Å². The van der Waals surface area contributed by atoms with Crippen molar-refractivity contribution >= 4 is 23.1 Å². The quantitative estimate of drug-likeness (QED) is 0.564. The van der Waals surface area contributed by atoms with E-state index in [0.29, 0.717) is 17.2 Å². The third-order valence-electron chi connectivity index (χ3n) is 2.07. The Labute approximate surface area is 100 Å². The van der Waals surface area contributed by atoms with Gasteiger partial charge in [-0.1, -0.05) is 12.2 Å². The molecule has 0 unspecified atom stereocenters. The SMILES string of the molecule is Cn1cnc(C(=O)NCCCCC(N)=S)c1. The zero-order valence-corrected chi connectivity index (χ0v) is 10.1. The number of amides is 1. The number of aryl methyl sites for hydroxylation is 1. The summed E-state index contributed by atoms with van der Waals surface area (Å²) >= 11 is 4.75. The van der Waals surface area contributed by atoms with Crippen molar-refractivity contribution in [2.75, 3.05) is 6.54 Å². The van der Waals surface area contributed by atoms with Crippen LogP contribution < -0.4 is 11.1 Å². The number of carbonyl (C=O) groups excluding carboxylic acids is 1. The van der Waals surface area contributed by atoms with E-state index in [2.05, 4.69) is 10.3 Å². The Morgan fingerprint density at radius 2 is 2.38 bits per heavy atom. The maximum atomic E-state index is 11.5. The number of carbonyl (C=O) groups is 1. The van der Waals surface area contributed by atoms with Crippen molar-refractivity contribution in [2.45, 2.75) is 19.3 Å². The van der Waals surface area contributed by atoms with E-state index < -0.39 is 0 Å². The van der Waals surface area contributed by atoms with Crippen LogP contribution in [0.25, 0.3) is 0 Å². The molecule has 0 bridgehead atoms. The first-order valence-electron chi connectivity index (χ1n) is 5.14. The second-order valence-corrected chi connectivity index (χ2v) is 4.13. The molecule has 0 fully saturated rings. The number of hydrogen-bond donors (Lipinski definition) is 2. The maximum Gasteiger partial charge on any atom is 0.271 e. The Bertz CT molecular complexity index is 375. The molecule has 88 valence electrons. The fraction of sp³-hybridized carbons (Fsp3) is 0.500. The van der Waals surface area contributed by atoms with Crippen LogP contribution in [-0.4, -0.2) is 27.0 Å². The van der Waals surface area contributed by atoms with Gasteiger partial charge < -0.3 is 15.6 Å². The Kier molecular flexibility index (Phi) is 4.91. The third-order valence-corrected chi connectivity index (χ3v) is 2.28. The molecular formula is C10H16N4OS. The fourth-order valence-electron chi connectivity index (χ4n) is 1.25. The van der Waals surface area contributed by atoms with Gasteiger partial charge in [-0.3, -0.25) is 4.79 Å². The van der Waals surface area contributed by atoms with Crippen molar-refractivity contribution in [2.24, 2.45) is 12.8 Å². The molecule has 1 heterocycles. The molecule has 0 aliphatic heterocycles. The summed E-state index contributed by atoms with van der Waals surface area (Å²) in [7, 11) is 1.83. The van der Waals surface area contributed by atoms with Crippen molar-refractivity contribution in [3.05, 3.63) is 18.2 Å². The minimum atomic E-state index is -0.143. The topological polar surface area (TPSA) is 72.9 Å². The van der Waals surface area contributed by atoms with Crippen LogP contribution in [0.2, 0.25) is 0 Å². The van der Waals surface area contributed by atoms with Crippen molar-refractivity contribution in [3.63, 3.8) is 0 Å². The van der Waals surface area contributed by atoms with Crippen molar-refractivity contribution in [3.8, 4) is 0 Å². The van der Waals surface area contributed by atoms with Crippen LogP contribution in [0.1, 0.15) is 29.8 Å². The van der Waals surface area contributed by atoms with Crippen LogP contribution >= 0.6 is 12.2 Å². The first-order chi connectivity index (χ1) is 7.59. The lowest BCUT2D eigenvalue weighted by Crippen LogP contribution is -2.25. The second kappa shape index (κ2) is 6.22. The molecule has 5 nitrogen and oxygen atoms in total. The molecule has 0 saturated carbocycles. The molecule has 0 spiro atoms. The highest BCUT2D eigenvalue weighted by Crippen LogP contribution is 1.96. The molecule has 0 atom stereocenters. The van der Waals surface area contributed by atoms with Crippen molar-refractivity contribution in [1.29, 1.82) is 0 Å². The van der Waals surface area contributed by atoms with E-state index >= 15 is 0 Å². The number of imidazole rings is 1. The average molecular weight is 240 g/mol. The van der Waals surface area contributed by atoms with Crippen LogP contribution in [0.3, 0.4) is 0 Å². The van der Waals surface area contributed by atoms with Gasteiger partial charge in [0.15, 0.2) is 0 Å². The molecule has 1 aromatic rings. The Balaban J connectivity index is 2.18. The van der Waals surface area contributed by atoms with Gasteiger partial charge in [-0.15, -0.1) is 0 Å². The average Bonchev–Trinajstić information content (AvgIpc) is 2.63. The normalized spacial score (nSPS) is 10.1. The smallest absolute Gasteiger partial charge is 0.271 e. The molecule has 1 aromatic heterocycles. The lowest BCUT2D eigenvalue weighted by atomic mass is 10.2. The number of nitrogens with two attached hydrogens (primary N) is 1. The summed E-state index contributed by atoms with van der Waals surface area (Å²) in [5.41, 5.74) is 5.80. The minimum Gasteiger partial charge on any atom is -0.393 e. The van der Waals surface area contributed by atoms with Crippen LogP contribution in [0.4, 0.5) is 0 Å². The van der Waals surface area contributed by atoms with E-state index in [1.807, 2.05) is 7.05 Å². The number of aromatic nitrogens is 2. The molecule has 3 N–H and O–H groups in total. The zero-order chi connectivity index (χ0) is 12.0. The molecule has 1 amide bonds. The van der Waals surface area contributed by atoms with Gasteiger partial charge in [0.2, 0.25) is 0 Å². The number of unbranched alkanes of at least 4 members (excludes halogenated alkanes) is 1. The van der Waals surface area contributed by atoms with Crippen LogP contribution in [0, 0.1) is 0 Å². The lowest BCUT2D eigenvalue weighted by Gasteiger charge is -2.02. The zero-order valence-electron chi connectivity index (χ0n) is 9.27. The lowest BCUT2D eigenvalue weighted by molar-refractivity contribution is 0.0948. The number of nitrogens with one attached hydrogen (secondary N) is 1. The minimum absolute atomic E-state index is 0.143. The predicted octanol–water partition coefficient (Wildman–Crippen LogP) is 0.606. The van der Waals surface area contributed by atoms with Gasteiger partial charge >= 0.3 is 0 Å². The van der Waals surface area contributed by atoms with Crippen LogP contribution in [-0.2, 0) is 7.05 Å². The highest BCUT2D eigenvalue weighted by Gasteiger charge is 2.06. The molecule has 0 radical (unpaired) electrons. The number of nitrogens with zero attached hydrogens (tertiary/aromatic N) is 2. The van der Waals surface area contributed by atoms with E-state index in [0.717, 1.165) is 19.3 Å². The molecule has 0 saturated heterocycles. The summed E-state index contributed by atoms with van der Waals surface area (Å²) in [6.45, 7) is 0.623. The van der Waals surface area contributed by atoms with Crippen molar-refractivity contribution < 1.29 is 4.79 Å². The highest BCUT2D eigenvalue weighted by atomic mass is 32.1. The summed E-state index contributed by atoms with van der Waals surface area (Å²) < 4.78 is 1.74. The van der Waals surface area contributed by atoms with Crippen LogP contribution in [0.5, 0.6) is 0 Å². The summed E-state index contributed by atoms with van der Waals surface area (Å²) in [5.74, 6) is -0.143. The number of thiocarbonyl (C=S) groups is 1. The van der Waals surface area contributed by atoms with Gasteiger partial charge in [0.1, 0.15) is 5.69 Å². The van der Waals surface area contributed by atoms with Gasteiger partial charge in [-0.2, -0.15) is 0 Å². The molecular weight excluding hydrogens is 224 g/mol. The summed E-state index contributed by atoms with van der Waals surface area (Å²) in [5, 5.41) is 2.79. The summed E-state index contributed by atoms with van der Waals surface area (Å²) in [4.78, 5) is 16.0. The van der Waals surface area contributed by atoms with Gasteiger partial charge in [0.25, 0.3) is 5.91 Å². The van der Waals surface area contributed by atoms with Gasteiger partial charge in [-0.25, -0.2) is 4.98 Å². The van der Waals surface area contributed by atoms with Crippen molar-refractivity contribution in [1.82, 2.24) is 14.9 Å². The molecule has 0 aromatic carbocycles. The van der Waals surface area contributed by atoms with E-state index in [1.165, 1.54) is 0 Å². The molecule has 0 aliphatic rings. The largest absolute Gasteiger partial charge is 0.393 e. The predicted molar refractivity (Wildman–Crippen MR) is 66.2 cm³/mol. The molecule has 6 heteroatoms. The molecule has 0 aliphatic carbocycles. The first kappa shape index (κ1) is 12.6. The Morgan fingerprint density at radius 3 is 2.94 bits per heavy atom. The molecule has 16 heavy (non-hydrogen) atoms. The molecule has 1 rings (SSSR count). The number of rotatable bonds is 6. The van der Waals surface area contributed by atoms with E-state index in [9.17, 15) is 4.79 Å². The van der Waals surface area contributed by atoms with Gasteiger partial charge in [-0.05, 0) is 19.3 Å². The van der Waals surface area contributed by atoms with Gasteiger partial charge in [0, 0.05) is 19.8 Å². The van der Waals surface area contributed by atoms with Gasteiger partial charge in [0.05, 0.1) is 11.3 Å². The highest BCUT2D eigenvalue weighted by molar-refractivity contribution is 7.80. The van der Waals surface area contributed by atoms with E-state index in [1.54, 1.807) is 17.1 Å². The Morgan fingerprint density at radius 1 is 1.62 bits per heavy atom. The standard InChI is InChI=1S/C10H16N4OS/c1-14-6-8(13-7-14)10(15)12-5-3-2-4-9(11)16/h6-7H,2-5H2,1H3,(H2,11,16)(H,12,15). The monoisotopic (exact) mass is 240 g/mol. The fourth-order valence-corrected chi connectivity index (χ4v) is 1.39. The van der Waals surface area contributed by atoms with E-state index in [-0.39, 0.29) is 5.91 Å². The number of hydrogen-bond acceptors (Lipinski definition) is 3. The first-order valence-corrected chi connectivity index (χ1v) is 5.55. The maximum absolute atomic E-state index is 11.5. The summed E-state index contributed by atoms with van der Waals surface area (Å²) in [6, 6.07) is 0. The van der Waals surface area contributed by atoms with Crippen LogP contribution in [0.15, 0.2) is 12.5 Å².